The van der Waals surface area contributed by atoms with E-state index < -0.39 is 6.09 Å². The lowest BCUT2D eigenvalue weighted by Crippen LogP contribution is -2.22. The Morgan fingerprint density at radius 2 is 2.23 bits per heavy atom. The molecule has 1 atom stereocenters. The molecule has 3 aromatic rings. The molecule has 0 saturated heterocycles. The number of nitrogens with one attached hydrogen (secondary N) is 1. The summed E-state index contributed by atoms with van der Waals surface area (Å²) in [5.74, 6) is -0.116. The van der Waals surface area contributed by atoms with Gasteiger partial charge in [0.1, 0.15) is 11.1 Å². The molecule has 0 saturated carbocycles. The van der Waals surface area contributed by atoms with E-state index in [0.29, 0.717) is 23.6 Å². The minimum Gasteiger partial charge on any atom is -0.472 e. The van der Waals surface area contributed by atoms with Crippen molar-refractivity contribution in [1.29, 1.82) is 5.26 Å². The van der Waals surface area contributed by atoms with E-state index in [2.05, 4.69) is 11.4 Å². The molecule has 1 aliphatic rings. The SMILES string of the molecule is N#Cc1c(NC(=O)/C=C/c2ccoc2)sc2c1CCC(COC(=O)n1cccc1)C2. The molecule has 0 spiro atoms. The van der Waals surface area contributed by atoms with Crippen LogP contribution in [-0.4, -0.2) is 23.2 Å². The van der Waals surface area contributed by atoms with Crippen LogP contribution in [-0.2, 0) is 22.4 Å². The quantitative estimate of drug-likeness (QED) is 0.614. The molecule has 1 amide bonds. The normalized spacial score (nSPS) is 15.5. The molecular formula is C22H19N3O4S. The third-order valence-corrected chi connectivity index (χ3v) is 6.11. The minimum atomic E-state index is -0.396. The van der Waals surface area contributed by atoms with Gasteiger partial charge in [-0.15, -0.1) is 11.3 Å². The Bertz CT molecular complexity index is 1100. The lowest BCUT2D eigenvalue weighted by molar-refractivity contribution is -0.111. The maximum atomic E-state index is 12.3. The summed E-state index contributed by atoms with van der Waals surface area (Å²) in [4.78, 5) is 25.3. The van der Waals surface area contributed by atoms with Crippen molar-refractivity contribution in [3.05, 3.63) is 70.8 Å². The number of hydrogen-bond donors (Lipinski definition) is 1. The number of amides is 1. The van der Waals surface area contributed by atoms with Crippen LogP contribution in [0.4, 0.5) is 9.80 Å². The average molecular weight is 421 g/mol. The molecule has 8 heteroatoms. The van der Waals surface area contributed by atoms with E-state index in [0.717, 1.165) is 28.8 Å². The van der Waals surface area contributed by atoms with E-state index >= 15 is 0 Å². The van der Waals surface area contributed by atoms with E-state index in [1.165, 1.54) is 34.5 Å². The first-order valence-electron chi connectivity index (χ1n) is 9.50. The lowest BCUT2D eigenvalue weighted by Gasteiger charge is -2.21. The fraction of sp³-hybridized carbons (Fsp3) is 0.227. The average Bonchev–Trinajstić information content (AvgIpc) is 3.51. The van der Waals surface area contributed by atoms with Gasteiger partial charge in [-0.1, -0.05) is 0 Å². The zero-order valence-electron chi connectivity index (χ0n) is 16.0. The molecule has 0 fully saturated rings. The van der Waals surface area contributed by atoms with Crippen LogP contribution in [0, 0.1) is 17.2 Å². The van der Waals surface area contributed by atoms with Gasteiger partial charge in [-0.2, -0.15) is 5.26 Å². The second-order valence-electron chi connectivity index (χ2n) is 6.98. The van der Waals surface area contributed by atoms with Gasteiger partial charge in [-0.05, 0) is 55.0 Å². The van der Waals surface area contributed by atoms with Crippen LogP contribution in [0.1, 0.15) is 28.0 Å². The van der Waals surface area contributed by atoms with Gasteiger partial charge in [-0.3, -0.25) is 9.36 Å². The van der Waals surface area contributed by atoms with Crippen LogP contribution < -0.4 is 5.32 Å². The minimum absolute atomic E-state index is 0.187. The standard InChI is InChI=1S/C22H19N3O4S/c23-12-18-17-5-3-16(14-29-22(27)25-8-1-2-9-25)11-19(17)30-21(18)24-20(26)6-4-15-7-10-28-13-15/h1-2,4,6-10,13,16H,3,5,11,14H2,(H,24,26)/b6-4+. The predicted octanol–water partition coefficient (Wildman–Crippen LogP) is 4.46. The summed E-state index contributed by atoms with van der Waals surface area (Å²) >= 11 is 1.42. The van der Waals surface area contributed by atoms with Crippen LogP contribution in [0.5, 0.6) is 0 Å². The highest BCUT2D eigenvalue weighted by atomic mass is 32.1. The van der Waals surface area contributed by atoms with Crippen LogP contribution in [0.15, 0.2) is 53.6 Å². The molecular weight excluding hydrogens is 402 g/mol. The van der Waals surface area contributed by atoms with E-state index in [4.69, 9.17) is 9.15 Å². The monoisotopic (exact) mass is 421 g/mol. The zero-order chi connectivity index (χ0) is 20.9. The molecule has 1 N–H and O–H groups in total. The van der Waals surface area contributed by atoms with E-state index in [9.17, 15) is 14.9 Å². The van der Waals surface area contributed by atoms with Gasteiger partial charge in [-0.25, -0.2) is 4.79 Å². The number of fused-ring (bicyclic) bond motifs is 1. The molecule has 0 radical (unpaired) electrons. The highest BCUT2D eigenvalue weighted by Gasteiger charge is 2.27. The van der Waals surface area contributed by atoms with Crippen molar-refractivity contribution < 1.29 is 18.7 Å². The largest absolute Gasteiger partial charge is 0.472 e. The fourth-order valence-corrected chi connectivity index (χ4v) is 4.73. The van der Waals surface area contributed by atoms with Gasteiger partial charge < -0.3 is 14.5 Å². The van der Waals surface area contributed by atoms with Gasteiger partial charge in [0.2, 0.25) is 5.91 Å². The van der Waals surface area contributed by atoms with E-state index in [1.54, 1.807) is 36.7 Å². The van der Waals surface area contributed by atoms with Gasteiger partial charge >= 0.3 is 6.09 Å². The highest BCUT2D eigenvalue weighted by Crippen LogP contribution is 2.39. The first-order chi connectivity index (χ1) is 14.6. The number of anilines is 1. The van der Waals surface area contributed by atoms with Gasteiger partial charge in [0.25, 0.3) is 0 Å². The number of aromatic nitrogens is 1. The Morgan fingerprint density at radius 1 is 1.40 bits per heavy atom. The third-order valence-electron chi connectivity index (χ3n) is 4.94. The summed E-state index contributed by atoms with van der Waals surface area (Å²) in [5.41, 5.74) is 2.31. The van der Waals surface area contributed by atoms with Gasteiger partial charge in [0.15, 0.2) is 0 Å². The van der Waals surface area contributed by atoms with Crippen LogP contribution in [0.2, 0.25) is 0 Å². The summed E-state index contributed by atoms with van der Waals surface area (Å²) in [6.45, 7) is 0.325. The maximum Gasteiger partial charge on any atom is 0.417 e. The number of carbonyl (C=O) groups excluding carboxylic acids is 2. The zero-order valence-corrected chi connectivity index (χ0v) is 16.9. The van der Waals surface area contributed by atoms with Crippen molar-refractivity contribution in [2.45, 2.75) is 19.3 Å². The van der Waals surface area contributed by atoms with Crippen molar-refractivity contribution in [2.75, 3.05) is 11.9 Å². The summed E-state index contributed by atoms with van der Waals surface area (Å²) in [6, 6.07) is 7.51. The van der Waals surface area contributed by atoms with Crippen molar-refractivity contribution >= 4 is 34.4 Å². The molecule has 1 aliphatic carbocycles. The number of furan rings is 1. The smallest absolute Gasteiger partial charge is 0.417 e. The van der Waals surface area contributed by atoms with Crippen LogP contribution in [0.3, 0.4) is 0 Å². The molecule has 0 aromatic carbocycles. The maximum absolute atomic E-state index is 12.3. The first-order valence-corrected chi connectivity index (χ1v) is 10.3. The summed E-state index contributed by atoms with van der Waals surface area (Å²) in [7, 11) is 0. The Labute approximate surface area is 177 Å². The molecule has 0 aliphatic heterocycles. The molecule has 152 valence electrons. The van der Waals surface area contributed by atoms with Crippen molar-refractivity contribution in [2.24, 2.45) is 5.92 Å². The Balaban J connectivity index is 1.40. The van der Waals surface area contributed by atoms with Crippen molar-refractivity contribution in [1.82, 2.24) is 4.57 Å². The van der Waals surface area contributed by atoms with E-state index in [1.807, 2.05) is 0 Å². The number of thiophene rings is 1. The highest BCUT2D eigenvalue weighted by molar-refractivity contribution is 7.16. The Hall–Kier alpha value is -3.57. The summed E-state index contributed by atoms with van der Waals surface area (Å²) in [5, 5.41) is 13.0. The van der Waals surface area contributed by atoms with Crippen molar-refractivity contribution in [3.63, 3.8) is 0 Å². The third kappa shape index (κ3) is 4.36. The molecule has 1 unspecified atom stereocenters. The van der Waals surface area contributed by atoms with Gasteiger partial charge in [0.05, 0.1) is 24.7 Å². The number of nitriles is 1. The number of rotatable bonds is 5. The number of nitrogens with zero attached hydrogens (tertiary/aromatic N) is 2. The second-order valence-corrected chi connectivity index (χ2v) is 8.08. The number of hydrogen-bond acceptors (Lipinski definition) is 6. The summed E-state index contributed by atoms with van der Waals surface area (Å²) in [6.07, 6.45) is 11.3. The predicted molar refractivity (Wildman–Crippen MR) is 112 cm³/mol. The van der Waals surface area contributed by atoms with Crippen molar-refractivity contribution in [3.8, 4) is 6.07 Å². The molecule has 0 bridgehead atoms. The number of carbonyl (C=O) groups is 2. The fourth-order valence-electron chi connectivity index (χ4n) is 3.42. The Morgan fingerprint density at radius 3 is 2.97 bits per heavy atom. The first kappa shape index (κ1) is 19.7. The van der Waals surface area contributed by atoms with Crippen LogP contribution >= 0.6 is 11.3 Å². The Kier molecular flexibility index (Phi) is 5.82. The molecule has 3 aromatic heterocycles. The lowest BCUT2D eigenvalue weighted by atomic mass is 9.88. The molecule has 30 heavy (non-hydrogen) atoms. The molecule has 7 nitrogen and oxygen atoms in total. The second kappa shape index (κ2) is 8.84. The van der Waals surface area contributed by atoms with Gasteiger partial charge in [0, 0.05) is 28.9 Å². The topological polar surface area (TPSA) is 97.3 Å². The molecule has 4 rings (SSSR count). The summed E-state index contributed by atoms with van der Waals surface area (Å²) < 4.78 is 11.8. The number of ether oxygens (including phenoxy) is 1. The van der Waals surface area contributed by atoms with Crippen LogP contribution in [0.25, 0.3) is 6.08 Å². The van der Waals surface area contributed by atoms with E-state index in [-0.39, 0.29) is 11.8 Å². The molecule has 3 heterocycles.